The van der Waals surface area contributed by atoms with Crippen LogP contribution in [0.5, 0.6) is 0 Å². The summed E-state index contributed by atoms with van der Waals surface area (Å²) in [6.45, 7) is 17.1. The Bertz CT molecular complexity index is 657. The second kappa shape index (κ2) is 9.94. The molecule has 1 aromatic heterocycles. The molecule has 0 aliphatic carbocycles. The summed E-state index contributed by atoms with van der Waals surface area (Å²) in [5.74, 6) is 4.06. The van der Waals surface area contributed by atoms with Gasteiger partial charge < -0.3 is 15.1 Å². The van der Waals surface area contributed by atoms with E-state index < -0.39 is 0 Å². The van der Waals surface area contributed by atoms with Gasteiger partial charge in [-0.1, -0.05) is 6.92 Å². The average Bonchev–Trinajstić information content (AvgIpc) is 3.21. The Hall–Kier alpha value is -1.60. The first-order valence-electron chi connectivity index (χ1n) is 11.2. The van der Waals surface area contributed by atoms with Gasteiger partial charge in [0, 0.05) is 38.8 Å². The molecule has 2 atom stereocenters. The van der Waals surface area contributed by atoms with E-state index in [9.17, 15) is 0 Å². The normalized spacial score (nSPS) is 25.1. The first-order valence-corrected chi connectivity index (χ1v) is 11.2. The third kappa shape index (κ3) is 5.95. The molecular weight excluding hydrogens is 364 g/mol. The van der Waals surface area contributed by atoms with Crippen molar-refractivity contribution >= 4 is 5.96 Å². The van der Waals surface area contributed by atoms with Crippen LogP contribution in [0, 0.1) is 25.7 Å². The second-order valence-electron chi connectivity index (χ2n) is 9.20. The van der Waals surface area contributed by atoms with Crippen molar-refractivity contribution in [1.82, 2.24) is 25.4 Å². The number of nitrogens with zero attached hydrogens (tertiary/aromatic N) is 4. The van der Waals surface area contributed by atoms with Crippen molar-refractivity contribution in [2.75, 3.05) is 39.8 Å². The molecule has 7 heteroatoms. The summed E-state index contributed by atoms with van der Waals surface area (Å²) in [5.41, 5.74) is 1.01. The van der Waals surface area contributed by atoms with Crippen molar-refractivity contribution in [3.8, 4) is 0 Å². The van der Waals surface area contributed by atoms with Crippen LogP contribution in [-0.4, -0.2) is 72.6 Å². The highest BCUT2D eigenvalue weighted by Crippen LogP contribution is 2.20. The van der Waals surface area contributed by atoms with E-state index in [1.54, 1.807) is 0 Å². The Kier molecular flexibility index (Phi) is 7.57. The molecule has 2 aliphatic rings. The van der Waals surface area contributed by atoms with Crippen molar-refractivity contribution in [1.29, 1.82) is 0 Å². The van der Waals surface area contributed by atoms with Crippen LogP contribution in [0.15, 0.2) is 9.41 Å². The minimum atomic E-state index is 0.471. The van der Waals surface area contributed by atoms with Crippen molar-refractivity contribution in [2.45, 2.75) is 66.1 Å². The van der Waals surface area contributed by atoms with E-state index in [0.29, 0.717) is 23.9 Å². The van der Waals surface area contributed by atoms with Crippen molar-refractivity contribution in [3.63, 3.8) is 0 Å². The number of hydrogen-bond donors (Lipinski definition) is 2. The first-order chi connectivity index (χ1) is 13.9. The highest BCUT2D eigenvalue weighted by Gasteiger charge is 2.31. The SMILES string of the molecule is CN=C(NCC1CCN(Cc2nc(C)c(C)o2)CC1)NC1CN(C(C)C)CC1C. The van der Waals surface area contributed by atoms with Crippen LogP contribution in [0.25, 0.3) is 0 Å². The molecule has 2 aliphatic heterocycles. The molecule has 0 aromatic carbocycles. The lowest BCUT2D eigenvalue weighted by Gasteiger charge is -2.31. The van der Waals surface area contributed by atoms with Gasteiger partial charge in [0.05, 0.1) is 12.2 Å². The van der Waals surface area contributed by atoms with Gasteiger partial charge in [-0.15, -0.1) is 0 Å². The molecule has 2 N–H and O–H groups in total. The van der Waals surface area contributed by atoms with Crippen LogP contribution in [-0.2, 0) is 6.54 Å². The third-order valence-corrected chi connectivity index (χ3v) is 6.61. The van der Waals surface area contributed by atoms with E-state index in [4.69, 9.17) is 4.42 Å². The molecule has 0 spiro atoms. The van der Waals surface area contributed by atoms with Gasteiger partial charge in [-0.05, 0) is 65.5 Å². The Morgan fingerprint density at radius 1 is 1.24 bits per heavy atom. The molecule has 0 radical (unpaired) electrons. The summed E-state index contributed by atoms with van der Waals surface area (Å²) < 4.78 is 5.74. The van der Waals surface area contributed by atoms with E-state index in [1.807, 2.05) is 20.9 Å². The number of rotatable bonds is 6. The number of aromatic nitrogens is 1. The lowest BCUT2D eigenvalue weighted by molar-refractivity contribution is 0.164. The van der Waals surface area contributed by atoms with Gasteiger partial charge in [0.1, 0.15) is 5.76 Å². The molecule has 164 valence electrons. The highest BCUT2D eigenvalue weighted by atomic mass is 16.4. The molecule has 0 saturated carbocycles. The Labute approximate surface area is 176 Å². The zero-order valence-corrected chi connectivity index (χ0v) is 19.2. The van der Waals surface area contributed by atoms with Crippen LogP contribution >= 0.6 is 0 Å². The molecule has 1 aromatic rings. The smallest absolute Gasteiger partial charge is 0.208 e. The summed E-state index contributed by atoms with van der Waals surface area (Å²) >= 11 is 0. The minimum absolute atomic E-state index is 0.471. The van der Waals surface area contributed by atoms with E-state index >= 15 is 0 Å². The standard InChI is InChI=1S/C22H40N6O/c1-15(2)28-12-16(3)20(13-28)26-22(23-6)24-11-19-7-9-27(10-8-19)14-21-25-17(4)18(5)29-21/h15-16,19-20H,7-14H2,1-6H3,(H2,23,24,26). The fraction of sp³-hybridized carbons (Fsp3) is 0.818. The van der Waals surface area contributed by atoms with Gasteiger partial charge >= 0.3 is 0 Å². The van der Waals surface area contributed by atoms with E-state index in [1.165, 1.54) is 12.8 Å². The number of oxazole rings is 1. The fourth-order valence-corrected chi connectivity index (χ4v) is 4.37. The molecule has 2 saturated heterocycles. The van der Waals surface area contributed by atoms with Gasteiger partial charge in [-0.3, -0.25) is 14.8 Å². The van der Waals surface area contributed by atoms with Gasteiger partial charge in [-0.2, -0.15) is 0 Å². The molecule has 0 bridgehead atoms. The molecule has 3 rings (SSSR count). The Morgan fingerprint density at radius 3 is 2.52 bits per heavy atom. The van der Waals surface area contributed by atoms with Crippen LogP contribution in [0.1, 0.15) is 51.0 Å². The number of hydrogen-bond acceptors (Lipinski definition) is 5. The van der Waals surface area contributed by atoms with Crippen LogP contribution in [0.2, 0.25) is 0 Å². The third-order valence-electron chi connectivity index (χ3n) is 6.61. The van der Waals surface area contributed by atoms with Gasteiger partial charge in [0.15, 0.2) is 5.96 Å². The Morgan fingerprint density at radius 2 is 1.97 bits per heavy atom. The molecule has 3 heterocycles. The monoisotopic (exact) mass is 404 g/mol. The summed E-state index contributed by atoms with van der Waals surface area (Å²) in [7, 11) is 1.87. The van der Waals surface area contributed by atoms with Crippen molar-refractivity contribution in [2.24, 2.45) is 16.8 Å². The summed E-state index contributed by atoms with van der Waals surface area (Å²) in [6, 6.07) is 1.08. The van der Waals surface area contributed by atoms with Crippen molar-refractivity contribution in [3.05, 3.63) is 17.3 Å². The van der Waals surface area contributed by atoms with Crippen LogP contribution < -0.4 is 10.6 Å². The lowest BCUT2D eigenvalue weighted by Crippen LogP contribution is -2.48. The van der Waals surface area contributed by atoms with Gasteiger partial charge in [0.2, 0.25) is 5.89 Å². The number of piperidine rings is 1. The van der Waals surface area contributed by atoms with Crippen LogP contribution in [0.3, 0.4) is 0 Å². The molecule has 29 heavy (non-hydrogen) atoms. The topological polar surface area (TPSA) is 68.9 Å². The van der Waals surface area contributed by atoms with E-state index in [2.05, 4.69) is 51.2 Å². The lowest BCUT2D eigenvalue weighted by atomic mass is 9.97. The molecular formula is C22H40N6O. The van der Waals surface area contributed by atoms with Crippen molar-refractivity contribution < 1.29 is 4.42 Å². The minimum Gasteiger partial charge on any atom is -0.444 e. The predicted molar refractivity (Wildman–Crippen MR) is 118 cm³/mol. The number of aryl methyl sites for hydroxylation is 2. The second-order valence-corrected chi connectivity index (χ2v) is 9.20. The number of nitrogens with one attached hydrogen (secondary N) is 2. The summed E-state index contributed by atoms with van der Waals surface area (Å²) in [5, 5.41) is 7.23. The molecule has 2 unspecified atom stereocenters. The maximum atomic E-state index is 5.74. The number of aliphatic imine (C=N–C) groups is 1. The van der Waals surface area contributed by atoms with Gasteiger partial charge in [-0.25, -0.2) is 4.98 Å². The largest absolute Gasteiger partial charge is 0.444 e. The fourth-order valence-electron chi connectivity index (χ4n) is 4.37. The summed E-state index contributed by atoms with van der Waals surface area (Å²) in [4.78, 5) is 14.0. The van der Waals surface area contributed by atoms with E-state index in [0.717, 1.165) is 62.6 Å². The zero-order chi connectivity index (χ0) is 21.0. The maximum Gasteiger partial charge on any atom is 0.208 e. The Balaban J connectivity index is 1.39. The average molecular weight is 405 g/mol. The molecule has 0 amide bonds. The maximum absolute atomic E-state index is 5.74. The van der Waals surface area contributed by atoms with E-state index in [-0.39, 0.29) is 0 Å². The zero-order valence-electron chi connectivity index (χ0n) is 19.2. The number of guanidine groups is 1. The molecule has 7 nitrogen and oxygen atoms in total. The van der Waals surface area contributed by atoms with Gasteiger partial charge in [0.25, 0.3) is 0 Å². The summed E-state index contributed by atoms with van der Waals surface area (Å²) in [6.07, 6.45) is 2.40. The number of likely N-dealkylation sites (tertiary alicyclic amines) is 2. The quantitative estimate of drug-likeness (QED) is 0.561. The van der Waals surface area contributed by atoms with Crippen LogP contribution in [0.4, 0.5) is 0 Å². The highest BCUT2D eigenvalue weighted by molar-refractivity contribution is 5.80. The predicted octanol–water partition coefficient (Wildman–Crippen LogP) is 2.40. The molecule has 2 fully saturated rings. The first kappa shape index (κ1) is 22.1.